The Morgan fingerprint density at radius 2 is 1.94 bits per heavy atom. The Kier molecular flexibility index (Phi) is 4.33. The van der Waals surface area contributed by atoms with E-state index in [4.69, 9.17) is 5.11 Å². The maximum absolute atomic E-state index is 10.9. The highest BCUT2D eigenvalue weighted by atomic mass is 16.4. The fraction of sp³-hybridized carbons (Fsp3) is 0.917. The normalized spacial score (nSPS) is 20.1. The third-order valence-electron chi connectivity index (χ3n) is 3.77. The van der Waals surface area contributed by atoms with Crippen LogP contribution >= 0.6 is 0 Å². The van der Waals surface area contributed by atoms with E-state index < -0.39 is 5.97 Å². The predicted molar refractivity (Wildman–Crippen MR) is 64.6 cm³/mol. The molecule has 0 saturated heterocycles. The van der Waals surface area contributed by atoms with Gasteiger partial charge in [-0.05, 0) is 39.3 Å². The number of carboxylic acid groups (broad SMARTS) is 1. The summed E-state index contributed by atoms with van der Waals surface area (Å²) in [6.45, 7) is 6.31. The van der Waals surface area contributed by atoms with Crippen LogP contribution in [0.4, 0.5) is 0 Å². The molecule has 0 bridgehead atoms. The molecule has 0 amide bonds. The SMILES string of the molecule is CC(N(CCN(C)C)CC(=O)O)C1(C)CC1. The van der Waals surface area contributed by atoms with E-state index in [0.717, 1.165) is 13.1 Å². The number of aliphatic carboxylic acids is 1. The summed E-state index contributed by atoms with van der Waals surface area (Å²) < 4.78 is 0. The molecular weight excluding hydrogens is 204 g/mol. The van der Waals surface area contributed by atoms with E-state index in [1.807, 2.05) is 14.1 Å². The molecule has 0 radical (unpaired) electrons. The quantitative estimate of drug-likeness (QED) is 0.709. The first kappa shape index (κ1) is 13.5. The minimum Gasteiger partial charge on any atom is -0.480 e. The van der Waals surface area contributed by atoms with Crippen LogP contribution in [0.25, 0.3) is 0 Å². The molecule has 4 nitrogen and oxygen atoms in total. The zero-order valence-corrected chi connectivity index (χ0v) is 10.9. The standard InChI is InChI=1S/C12H24N2O2/c1-10(12(2)5-6-12)14(9-11(15)16)8-7-13(3)4/h10H,5-9H2,1-4H3,(H,15,16). The van der Waals surface area contributed by atoms with Crippen LogP contribution in [-0.4, -0.2) is 60.6 Å². The second-order valence-electron chi connectivity index (χ2n) is 5.50. The number of hydrogen-bond donors (Lipinski definition) is 1. The summed E-state index contributed by atoms with van der Waals surface area (Å²) in [4.78, 5) is 15.0. The van der Waals surface area contributed by atoms with Crippen LogP contribution in [-0.2, 0) is 4.79 Å². The van der Waals surface area contributed by atoms with Gasteiger partial charge in [0.25, 0.3) is 0 Å². The minimum atomic E-state index is -0.727. The Morgan fingerprint density at radius 1 is 1.38 bits per heavy atom. The Labute approximate surface area is 98.2 Å². The molecule has 1 fully saturated rings. The van der Waals surface area contributed by atoms with Crippen LogP contribution in [0, 0.1) is 5.41 Å². The van der Waals surface area contributed by atoms with Crippen molar-refractivity contribution in [2.45, 2.75) is 32.7 Å². The zero-order valence-electron chi connectivity index (χ0n) is 10.9. The lowest BCUT2D eigenvalue weighted by atomic mass is 9.99. The summed E-state index contributed by atoms with van der Waals surface area (Å²) in [5, 5.41) is 8.93. The molecule has 0 spiro atoms. The summed E-state index contributed by atoms with van der Waals surface area (Å²) in [6.07, 6.45) is 2.46. The molecule has 1 unspecified atom stereocenters. The lowest BCUT2D eigenvalue weighted by molar-refractivity contribution is -0.139. The second kappa shape index (κ2) is 5.15. The fourth-order valence-electron chi connectivity index (χ4n) is 1.97. The van der Waals surface area contributed by atoms with Crippen molar-refractivity contribution in [3.63, 3.8) is 0 Å². The zero-order chi connectivity index (χ0) is 12.3. The Bertz CT molecular complexity index is 249. The van der Waals surface area contributed by atoms with Crippen LogP contribution in [0.1, 0.15) is 26.7 Å². The van der Waals surface area contributed by atoms with E-state index in [-0.39, 0.29) is 6.54 Å². The van der Waals surface area contributed by atoms with Gasteiger partial charge in [-0.1, -0.05) is 6.92 Å². The van der Waals surface area contributed by atoms with Crippen molar-refractivity contribution < 1.29 is 9.90 Å². The molecule has 1 atom stereocenters. The molecule has 4 heteroatoms. The molecule has 1 aliphatic carbocycles. The number of hydrogen-bond acceptors (Lipinski definition) is 3. The molecule has 0 aliphatic heterocycles. The highest BCUT2D eigenvalue weighted by Gasteiger charge is 2.45. The van der Waals surface area contributed by atoms with Crippen molar-refractivity contribution in [2.75, 3.05) is 33.7 Å². The lowest BCUT2D eigenvalue weighted by Gasteiger charge is -2.33. The Hall–Kier alpha value is -0.610. The van der Waals surface area contributed by atoms with Crippen molar-refractivity contribution in [1.82, 2.24) is 9.80 Å². The summed E-state index contributed by atoms with van der Waals surface area (Å²) >= 11 is 0. The Balaban J connectivity index is 2.52. The van der Waals surface area contributed by atoms with E-state index in [2.05, 4.69) is 23.6 Å². The first-order valence-electron chi connectivity index (χ1n) is 5.96. The second-order valence-corrected chi connectivity index (χ2v) is 5.50. The number of carboxylic acids is 1. The van der Waals surface area contributed by atoms with Gasteiger partial charge in [0.05, 0.1) is 6.54 Å². The summed E-state index contributed by atoms with van der Waals surface area (Å²) in [5.41, 5.74) is 0.349. The van der Waals surface area contributed by atoms with Gasteiger partial charge in [-0.3, -0.25) is 9.69 Å². The summed E-state index contributed by atoms with van der Waals surface area (Å²) in [7, 11) is 4.03. The highest BCUT2D eigenvalue weighted by molar-refractivity contribution is 5.69. The average Bonchev–Trinajstić information content (AvgIpc) is 2.90. The molecular formula is C12H24N2O2. The van der Waals surface area contributed by atoms with Gasteiger partial charge in [0, 0.05) is 19.1 Å². The average molecular weight is 228 g/mol. The number of likely N-dealkylation sites (N-methyl/N-ethyl adjacent to an activating group) is 1. The van der Waals surface area contributed by atoms with E-state index in [1.54, 1.807) is 0 Å². The minimum absolute atomic E-state index is 0.157. The predicted octanol–water partition coefficient (Wildman–Crippen LogP) is 1.12. The van der Waals surface area contributed by atoms with Crippen molar-refractivity contribution in [3.8, 4) is 0 Å². The first-order chi connectivity index (χ1) is 7.35. The maximum Gasteiger partial charge on any atom is 0.317 e. The summed E-state index contributed by atoms with van der Waals surface area (Å²) in [5.74, 6) is -0.727. The van der Waals surface area contributed by atoms with Gasteiger partial charge in [-0.15, -0.1) is 0 Å². The van der Waals surface area contributed by atoms with E-state index in [0.29, 0.717) is 11.5 Å². The number of carbonyl (C=O) groups is 1. The van der Waals surface area contributed by atoms with Crippen LogP contribution in [0.5, 0.6) is 0 Å². The Morgan fingerprint density at radius 3 is 2.31 bits per heavy atom. The third kappa shape index (κ3) is 3.76. The molecule has 0 aromatic heterocycles. The van der Waals surface area contributed by atoms with Gasteiger partial charge in [0.15, 0.2) is 0 Å². The largest absolute Gasteiger partial charge is 0.480 e. The molecule has 0 heterocycles. The van der Waals surface area contributed by atoms with Gasteiger partial charge in [0.1, 0.15) is 0 Å². The van der Waals surface area contributed by atoms with Crippen LogP contribution in [0.3, 0.4) is 0 Å². The maximum atomic E-state index is 10.9. The van der Waals surface area contributed by atoms with Crippen LogP contribution in [0.15, 0.2) is 0 Å². The van der Waals surface area contributed by atoms with Crippen LogP contribution in [0.2, 0.25) is 0 Å². The molecule has 0 aromatic rings. The molecule has 1 saturated carbocycles. The lowest BCUT2D eigenvalue weighted by Crippen LogP contribution is -2.44. The van der Waals surface area contributed by atoms with Gasteiger partial charge >= 0.3 is 5.97 Å². The van der Waals surface area contributed by atoms with Crippen molar-refractivity contribution in [3.05, 3.63) is 0 Å². The first-order valence-corrected chi connectivity index (χ1v) is 5.96. The third-order valence-corrected chi connectivity index (χ3v) is 3.77. The fourth-order valence-corrected chi connectivity index (χ4v) is 1.97. The molecule has 1 aliphatic rings. The van der Waals surface area contributed by atoms with Crippen molar-refractivity contribution in [2.24, 2.45) is 5.41 Å². The van der Waals surface area contributed by atoms with Gasteiger partial charge in [-0.2, -0.15) is 0 Å². The van der Waals surface area contributed by atoms with Crippen LogP contribution < -0.4 is 0 Å². The molecule has 1 N–H and O–H groups in total. The highest BCUT2D eigenvalue weighted by Crippen LogP contribution is 2.49. The molecule has 94 valence electrons. The molecule has 16 heavy (non-hydrogen) atoms. The monoisotopic (exact) mass is 228 g/mol. The summed E-state index contributed by atoms with van der Waals surface area (Å²) in [6, 6.07) is 0.364. The smallest absolute Gasteiger partial charge is 0.317 e. The topological polar surface area (TPSA) is 43.8 Å². The van der Waals surface area contributed by atoms with Gasteiger partial charge < -0.3 is 10.0 Å². The van der Waals surface area contributed by atoms with E-state index in [1.165, 1.54) is 12.8 Å². The van der Waals surface area contributed by atoms with Crippen molar-refractivity contribution >= 4 is 5.97 Å². The number of nitrogens with zero attached hydrogens (tertiary/aromatic N) is 2. The molecule has 0 aromatic carbocycles. The van der Waals surface area contributed by atoms with E-state index in [9.17, 15) is 4.79 Å². The van der Waals surface area contributed by atoms with Gasteiger partial charge in [0.2, 0.25) is 0 Å². The van der Waals surface area contributed by atoms with E-state index >= 15 is 0 Å². The molecule has 1 rings (SSSR count). The number of rotatable bonds is 7. The van der Waals surface area contributed by atoms with Gasteiger partial charge in [-0.25, -0.2) is 0 Å². The van der Waals surface area contributed by atoms with Crippen molar-refractivity contribution in [1.29, 1.82) is 0 Å².